The third-order valence-corrected chi connectivity index (χ3v) is 5.59. The number of nitrogens with zero attached hydrogens (tertiary/aromatic N) is 3. The minimum absolute atomic E-state index is 0.462. The summed E-state index contributed by atoms with van der Waals surface area (Å²) in [6, 6.07) is 18.1. The van der Waals surface area contributed by atoms with Crippen LogP contribution in [0, 0.1) is 5.92 Å². The highest BCUT2D eigenvalue weighted by Gasteiger charge is 2.24. The molecule has 0 radical (unpaired) electrons. The zero-order chi connectivity index (χ0) is 22.2. The molecule has 0 saturated carbocycles. The van der Waals surface area contributed by atoms with Crippen molar-refractivity contribution in [2.45, 2.75) is 19.9 Å². The molecule has 1 saturated heterocycles. The number of rotatable bonds is 8. The van der Waals surface area contributed by atoms with Crippen molar-refractivity contribution in [1.29, 1.82) is 0 Å². The van der Waals surface area contributed by atoms with Crippen molar-refractivity contribution in [3.8, 4) is 17.2 Å². The lowest BCUT2D eigenvalue weighted by atomic mass is 10.1. The van der Waals surface area contributed by atoms with Gasteiger partial charge in [0.1, 0.15) is 17.7 Å². The second kappa shape index (κ2) is 10.7. The fourth-order valence-corrected chi connectivity index (χ4v) is 3.94. The zero-order valence-electron chi connectivity index (χ0n) is 18.8. The van der Waals surface area contributed by atoms with Crippen molar-refractivity contribution in [2.75, 3.05) is 38.2 Å². The summed E-state index contributed by atoms with van der Waals surface area (Å²) >= 11 is 0. The topological polar surface area (TPSA) is 74.9 Å². The van der Waals surface area contributed by atoms with Gasteiger partial charge in [-0.05, 0) is 43.5 Å². The van der Waals surface area contributed by atoms with E-state index >= 15 is 0 Å². The van der Waals surface area contributed by atoms with Crippen LogP contribution in [0.3, 0.4) is 0 Å². The summed E-state index contributed by atoms with van der Waals surface area (Å²) < 4.78 is 11.1. The van der Waals surface area contributed by atoms with E-state index in [1.807, 2.05) is 42.5 Å². The number of nitrogens with one attached hydrogen (secondary N) is 2. The number of anilines is 1. The van der Waals surface area contributed by atoms with Gasteiger partial charge in [0.2, 0.25) is 5.89 Å². The molecule has 1 aliphatic heterocycles. The Hall–Kier alpha value is -3.48. The lowest BCUT2D eigenvalue weighted by molar-refractivity contribution is 0.414. The van der Waals surface area contributed by atoms with Gasteiger partial charge in [0.05, 0.1) is 19.3 Å². The summed E-state index contributed by atoms with van der Waals surface area (Å²) in [5, 5.41) is 6.82. The molecule has 0 amide bonds. The summed E-state index contributed by atoms with van der Waals surface area (Å²) in [4.78, 5) is 11.7. The Kier molecular flexibility index (Phi) is 7.27. The summed E-state index contributed by atoms with van der Waals surface area (Å²) in [5.41, 5.74) is 2.94. The van der Waals surface area contributed by atoms with E-state index in [0.29, 0.717) is 18.4 Å². The van der Waals surface area contributed by atoms with Crippen LogP contribution in [0.15, 0.2) is 70.3 Å². The number of ether oxygens (including phenoxy) is 1. The molecule has 2 N–H and O–H groups in total. The molecule has 7 nitrogen and oxygen atoms in total. The normalized spacial score (nSPS) is 16.2. The minimum atomic E-state index is 0.462. The third kappa shape index (κ3) is 5.41. The number of benzene rings is 2. The Bertz CT molecular complexity index is 1020. The van der Waals surface area contributed by atoms with Crippen molar-refractivity contribution in [3.05, 3.63) is 66.6 Å². The van der Waals surface area contributed by atoms with Crippen molar-refractivity contribution in [2.24, 2.45) is 10.9 Å². The van der Waals surface area contributed by atoms with E-state index in [4.69, 9.17) is 14.1 Å². The van der Waals surface area contributed by atoms with Crippen LogP contribution in [-0.4, -0.2) is 44.2 Å². The van der Waals surface area contributed by atoms with Crippen LogP contribution in [0.25, 0.3) is 11.5 Å². The number of aliphatic imine (C=N–C) groups is 1. The predicted octanol–water partition coefficient (Wildman–Crippen LogP) is 3.93. The number of oxazole rings is 1. The standard InChI is InChI=1S/C25H31N5O2/c1-3-26-25(28-16-21-18-32-24(29-21)20-9-5-4-6-10-20)27-15-19-13-14-30(17-19)22-11-7-8-12-23(22)31-2/h4-12,18-19H,3,13-17H2,1-2H3,(H2,26,27,28). The van der Waals surface area contributed by atoms with Gasteiger partial charge in [0.25, 0.3) is 0 Å². The molecule has 168 valence electrons. The van der Waals surface area contributed by atoms with Crippen LogP contribution in [0.1, 0.15) is 19.0 Å². The van der Waals surface area contributed by atoms with Crippen LogP contribution < -0.4 is 20.3 Å². The van der Waals surface area contributed by atoms with E-state index in [-0.39, 0.29) is 0 Å². The number of hydrogen-bond donors (Lipinski definition) is 2. The monoisotopic (exact) mass is 433 g/mol. The van der Waals surface area contributed by atoms with Crippen molar-refractivity contribution in [3.63, 3.8) is 0 Å². The predicted molar refractivity (Wildman–Crippen MR) is 128 cm³/mol. The molecule has 1 fully saturated rings. The van der Waals surface area contributed by atoms with Crippen molar-refractivity contribution in [1.82, 2.24) is 15.6 Å². The highest BCUT2D eigenvalue weighted by atomic mass is 16.5. The zero-order valence-corrected chi connectivity index (χ0v) is 18.8. The number of guanidine groups is 1. The second-order valence-corrected chi connectivity index (χ2v) is 7.86. The largest absolute Gasteiger partial charge is 0.495 e. The van der Waals surface area contributed by atoms with Gasteiger partial charge in [-0.15, -0.1) is 0 Å². The molecule has 0 aliphatic carbocycles. The molecular formula is C25H31N5O2. The lowest BCUT2D eigenvalue weighted by Crippen LogP contribution is -2.40. The van der Waals surface area contributed by atoms with E-state index in [2.05, 4.69) is 39.6 Å². The third-order valence-electron chi connectivity index (χ3n) is 5.59. The summed E-state index contributed by atoms with van der Waals surface area (Å²) in [5.74, 6) is 2.89. The van der Waals surface area contributed by atoms with Crippen molar-refractivity contribution < 1.29 is 9.15 Å². The molecule has 3 aromatic rings. The molecular weight excluding hydrogens is 402 g/mol. The molecule has 1 aromatic heterocycles. The maximum atomic E-state index is 5.62. The van der Waals surface area contributed by atoms with Crippen LogP contribution in [0.5, 0.6) is 5.75 Å². The van der Waals surface area contributed by atoms with Gasteiger partial charge in [0.15, 0.2) is 5.96 Å². The van der Waals surface area contributed by atoms with E-state index in [1.165, 1.54) is 5.69 Å². The Morgan fingerprint density at radius 2 is 1.97 bits per heavy atom. The first-order chi connectivity index (χ1) is 15.8. The molecule has 1 aliphatic rings. The molecule has 1 atom stereocenters. The van der Waals surface area contributed by atoms with E-state index in [9.17, 15) is 0 Å². The summed E-state index contributed by atoms with van der Waals surface area (Å²) in [6.45, 7) is 6.23. The van der Waals surface area contributed by atoms with Gasteiger partial charge in [-0.2, -0.15) is 0 Å². The fourth-order valence-electron chi connectivity index (χ4n) is 3.94. The Morgan fingerprint density at radius 3 is 2.78 bits per heavy atom. The van der Waals surface area contributed by atoms with Crippen LogP contribution in [0.2, 0.25) is 0 Å². The molecule has 2 heterocycles. The fraction of sp³-hybridized carbons (Fsp3) is 0.360. The van der Waals surface area contributed by atoms with E-state index in [0.717, 1.165) is 55.6 Å². The number of methoxy groups -OCH3 is 1. The maximum absolute atomic E-state index is 5.62. The molecule has 7 heteroatoms. The van der Waals surface area contributed by atoms with Gasteiger partial charge < -0.3 is 24.7 Å². The quantitative estimate of drug-likeness (QED) is 0.414. The van der Waals surface area contributed by atoms with Gasteiger partial charge in [-0.25, -0.2) is 9.98 Å². The Balaban J connectivity index is 1.32. The highest BCUT2D eigenvalue weighted by molar-refractivity contribution is 5.79. The SMILES string of the molecule is CCNC(=NCc1coc(-c2ccccc2)n1)NCC1CCN(c2ccccc2OC)C1. The summed E-state index contributed by atoms with van der Waals surface area (Å²) in [6.07, 6.45) is 2.81. The highest BCUT2D eigenvalue weighted by Crippen LogP contribution is 2.31. The van der Waals surface area contributed by atoms with Crippen LogP contribution in [-0.2, 0) is 6.54 Å². The van der Waals surface area contributed by atoms with Gasteiger partial charge in [-0.1, -0.05) is 30.3 Å². The first kappa shape index (κ1) is 21.7. The van der Waals surface area contributed by atoms with Crippen molar-refractivity contribution >= 4 is 11.6 Å². The molecule has 0 spiro atoms. The van der Waals surface area contributed by atoms with Gasteiger partial charge >= 0.3 is 0 Å². The first-order valence-corrected chi connectivity index (χ1v) is 11.2. The lowest BCUT2D eigenvalue weighted by Gasteiger charge is -2.21. The van der Waals surface area contributed by atoms with Gasteiger partial charge in [0, 0.05) is 31.7 Å². The average Bonchev–Trinajstić information content (AvgIpc) is 3.51. The van der Waals surface area contributed by atoms with Crippen LogP contribution in [0.4, 0.5) is 5.69 Å². The van der Waals surface area contributed by atoms with E-state index in [1.54, 1.807) is 13.4 Å². The number of para-hydroxylation sites is 2. The minimum Gasteiger partial charge on any atom is -0.495 e. The molecule has 0 bridgehead atoms. The number of aromatic nitrogens is 1. The maximum Gasteiger partial charge on any atom is 0.226 e. The van der Waals surface area contributed by atoms with E-state index < -0.39 is 0 Å². The number of hydrogen-bond acceptors (Lipinski definition) is 5. The second-order valence-electron chi connectivity index (χ2n) is 7.86. The molecule has 4 rings (SSSR count). The van der Waals surface area contributed by atoms with Crippen LogP contribution >= 0.6 is 0 Å². The Morgan fingerprint density at radius 1 is 1.16 bits per heavy atom. The Labute approximate surface area is 189 Å². The molecule has 32 heavy (non-hydrogen) atoms. The molecule has 2 aromatic carbocycles. The smallest absolute Gasteiger partial charge is 0.226 e. The average molecular weight is 434 g/mol. The first-order valence-electron chi connectivity index (χ1n) is 11.2. The molecule has 1 unspecified atom stereocenters. The van der Waals surface area contributed by atoms with Gasteiger partial charge in [-0.3, -0.25) is 0 Å². The summed E-state index contributed by atoms with van der Waals surface area (Å²) in [7, 11) is 1.73.